The number of nitrogens with zero attached hydrogens (tertiary/aromatic N) is 1. The lowest BCUT2D eigenvalue weighted by molar-refractivity contribution is 0.103. The molecule has 0 amide bonds. The Kier molecular flexibility index (Phi) is 4.97. The number of H-pyrrole nitrogens is 1. The first-order chi connectivity index (χ1) is 12.3. The van der Waals surface area contributed by atoms with Crippen molar-refractivity contribution in [3.8, 4) is 0 Å². The Morgan fingerprint density at radius 2 is 2.08 bits per heavy atom. The van der Waals surface area contributed by atoms with Gasteiger partial charge in [-0.05, 0) is 44.5 Å². The Hall–Kier alpha value is -2.45. The van der Waals surface area contributed by atoms with Crippen LogP contribution in [0.5, 0.6) is 0 Å². The van der Waals surface area contributed by atoms with Gasteiger partial charge in [0.25, 0.3) is 0 Å². The molecule has 5 nitrogen and oxygen atoms in total. The number of pyridine rings is 1. The van der Waals surface area contributed by atoms with Crippen LogP contribution >= 0.6 is 0 Å². The van der Waals surface area contributed by atoms with Gasteiger partial charge in [0, 0.05) is 23.3 Å². The number of hydrogen-bond donors (Lipinski definition) is 2. The van der Waals surface area contributed by atoms with Crippen LogP contribution in [-0.4, -0.2) is 25.6 Å². The van der Waals surface area contributed by atoms with Crippen molar-refractivity contribution in [1.29, 1.82) is 0 Å². The Bertz CT molecular complexity index is 988. The summed E-state index contributed by atoms with van der Waals surface area (Å²) >= 11 is -1.56. The highest BCUT2D eigenvalue weighted by molar-refractivity contribution is 7.93. The van der Waals surface area contributed by atoms with E-state index in [1.54, 1.807) is 33.0 Å². The zero-order valence-electron chi connectivity index (χ0n) is 14.4. The van der Waals surface area contributed by atoms with Crippen LogP contribution in [0, 0.1) is 18.6 Å². The van der Waals surface area contributed by atoms with Gasteiger partial charge in [-0.1, -0.05) is 0 Å². The van der Waals surface area contributed by atoms with Crippen LogP contribution in [0.2, 0.25) is 0 Å². The van der Waals surface area contributed by atoms with Crippen molar-refractivity contribution in [2.75, 3.05) is 4.72 Å². The highest BCUT2D eigenvalue weighted by Gasteiger charge is 2.26. The first kappa shape index (κ1) is 18.3. The number of hydrogen-bond acceptors (Lipinski definition) is 4. The van der Waals surface area contributed by atoms with Crippen LogP contribution in [-0.2, 0) is 11.4 Å². The van der Waals surface area contributed by atoms with Crippen molar-refractivity contribution in [1.82, 2.24) is 9.97 Å². The molecule has 0 saturated heterocycles. The van der Waals surface area contributed by atoms with Gasteiger partial charge in [0.15, 0.2) is 5.82 Å². The van der Waals surface area contributed by atoms with Gasteiger partial charge in [-0.3, -0.25) is 4.79 Å². The van der Waals surface area contributed by atoms with Gasteiger partial charge in [0.2, 0.25) is 5.78 Å². The lowest BCUT2D eigenvalue weighted by Crippen LogP contribution is -2.23. The van der Waals surface area contributed by atoms with Crippen molar-refractivity contribution in [2.45, 2.75) is 26.0 Å². The topological polar surface area (TPSA) is 80.8 Å². The summed E-state index contributed by atoms with van der Waals surface area (Å²) in [7, 11) is 0. The molecule has 1 aromatic carbocycles. The van der Waals surface area contributed by atoms with E-state index < -0.39 is 34.3 Å². The molecule has 1 unspecified atom stereocenters. The maximum atomic E-state index is 14.8. The summed E-state index contributed by atoms with van der Waals surface area (Å²) in [5.74, 6) is -2.86. The fraction of sp³-hybridized carbons (Fsp3) is 0.222. The van der Waals surface area contributed by atoms with Crippen LogP contribution in [0.4, 0.5) is 14.5 Å². The van der Waals surface area contributed by atoms with Gasteiger partial charge < -0.3 is 9.54 Å². The third-order valence-electron chi connectivity index (χ3n) is 3.87. The Labute approximate surface area is 152 Å². The van der Waals surface area contributed by atoms with Crippen molar-refractivity contribution in [2.24, 2.45) is 0 Å². The molecule has 0 aliphatic heterocycles. The van der Waals surface area contributed by atoms with E-state index in [4.69, 9.17) is 0 Å². The largest absolute Gasteiger partial charge is 0.593 e. The summed E-state index contributed by atoms with van der Waals surface area (Å²) in [6, 6.07) is 3.83. The van der Waals surface area contributed by atoms with E-state index in [0.717, 1.165) is 17.7 Å². The van der Waals surface area contributed by atoms with Gasteiger partial charge in [-0.15, -0.1) is 0 Å². The van der Waals surface area contributed by atoms with E-state index in [0.29, 0.717) is 11.0 Å². The number of carbonyl (C=O) groups excluding carboxylic acids is 1. The predicted molar refractivity (Wildman–Crippen MR) is 97.5 cm³/mol. The number of ketones is 1. The van der Waals surface area contributed by atoms with E-state index >= 15 is 0 Å². The van der Waals surface area contributed by atoms with E-state index in [-0.39, 0.29) is 16.5 Å². The molecule has 8 heteroatoms. The van der Waals surface area contributed by atoms with Crippen LogP contribution < -0.4 is 4.72 Å². The molecule has 3 aromatic rings. The zero-order valence-corrected chi connectivity index (χ0v) is 15.2. The van der Waals surface area contributed by atoms with Gasteiger partial charge in [0.05, 0.1) is 16.9 Å². The summed E-state index contributed by atoms with van der Waals surface area (Å²) in [6.45, 7) is 5.19. The summed E-state index contributed by atoms with van der Waals surface area (Å²) < 4.78 is 43.4. The van der Waals surface area contributed by atoms with Crippen LogP contribution in [0.3, 0.4) is 0 Å². The summed E-state index contributed by atoms with van der Waals surface area (Å²) in [6.07, 6.45) is 3.00. The highest BCUT2D eigenvalue weighted by Crippen LogP contribution is 2.27. The van der Waals surface area contributed by atoms with E-state index in [9.17, 15) is 18.1 Å². The van der Waals surface area contributed by atoms with E-state index in [2.05, 4.69) is 14.7 Å². The molecule has 0 radical (unpaired) electrons. The monoisotopic (exact) mass is 377 g/mol. The molecule has 2 N–H and O–H groups in total. The van der Waals surface area contributed by atoms with Crippen molar-refractivity contribution in [3.05, 3.63) is 58.9 Å². The van der Waals surface area contributed by atoms with Crippen molar-refractivity contribution >= 4 is 33.9 Å². The fourth-order valence-corrected chi connectivity index (χ4v) is 3.11. The minimum Gasteiger partial charge on any atom is -0.593 e. The number of rotatable bonds is 5. The molecule has 0 spiro atoms. The summed E-state index contributed by atoms with van der Waals surface area (Å²) in [5.41, 5.74) is 0.509. The molecule has 0 saturated carbocycles. The second-order valence-electron chi connectivity index (χ2n) is 6.17. The average molecular weight is 377 g/mol. The number of fused-ring (bicyclic) bond motifs is 1. The predicted octanol–water partition coefficient (Wildman–Crippen LogP) is 3.86. The number of aryl methyl sites for hydroxylation is 1. The van der Waals surface area contributed by atoms with Crippen molar-refractivity contribution < 1.29 is 18.1 Å². The number of nitrogens with one attached hydrogen (secondary N) is 2. The Morgan fingerprint density at radius 3 is 2.77 bits per heavy atom. The maximum Gasteiger partial charge on any atom is 0.201 e. The quantitative estimate of drug-likeness (QED) is 0.523. The van der Waals surface area contributed by atoms with Crippen molar-refractivity contribution in [3.63, 3.8) is 0 Å². The fourth-order valence-electron chi connectivity index (χ4n) is 2.50. The van der Waals surface area contributed by atoms with E-state index in [1.807, 2.05) is 0 Å². The summed E-state index contributed by atoms with van der Waals surface area (Å²) in [4.78, 5) is 19.8. The molecule has 1 atom stereocenters. The van der Waals surface area contributed by atoms with Gasteiger partial charge >= 0.3 is 0 Å². The van der Waals surface area contributed by atoms with E-state index in [1.165, 1.54) is 6.20 Å². The molecular weight excluding hydrogens is 360 g/mol. The molecular formula is C18H17F2N3O2S. The lowest BCUT2D eigenvalue weighted by Gasteiger charge is -2.16. The first-order valence-electron chi connectivity index (χ1n) is 7.93. The van der Waals surface area contributed by atoms with Crippen LogP contribution in [0.25, 0.3) is 11.0 Å². The normalized spacial score (nSPS) is 12.6. The smallest absolute Gasteiger partial charge is 0.201 e. The van der Waals surface area contributed by atoms with Gasteiger partial charge in [-0.25, -0.2) is 18.5 Å². The number of carbonyl (C=O) groups is 1. The molecule has 0 aliphatic rings. The Morgan fingerprint density at radius 1 is 1.35 bits per heavy atom. The molecule has 0 bridgehead atoms. The number of aromatic amines is 1. The zero-order chi connectivity index (χ0) is 19.0. The molecule has 136 valence electrons. The molecule has 0 aliphatic carbocycles. The molecule has 3 rings (SSSR count). The average Bonchev–Trinajstić information content (AvgIpc) is 3.00. The number of benzene rings is 1. The second kappa shape index (κ2) is 7.05. The minimum atomic E-state index is -1.56. The third kappa shape index (κ3) is 3.30. The molecule has 2 aromatic heterocycles. The first-order valence-corrected chi connectivity index (χ1v) is 9.14. The standard InChI is InChI=1S/C18H17F2N3O2S/c1-9(2)26(25)23-14-5-4-13(19)15(16(14)20)17(24)12-8-22-18-11(12)6-10(3)7-21-18/h4-9,23H,1-3H3,(H,21,22). The molecule has 2 heterocycles. The SMILES string of the molecule is Cc1cnc2[nH]cc(C(=O)c3c(F)ccc(N[S+]([O-])C(C)C)c3F)c2c1. The lowest BCUT2D eigenvalue weighted by atomic mass is 10.0. The number of halogens is 2. The maximum absolute atomic E-state index is 14.8. The number of aromatic nitrogens is 2. The Balaban J connectivity index is 2.07. The van der Waals surface area contributed by atoms with Crippen LogP contribution in [0.15, 0.2) is 30.6 Å². The van der Waals surface area contributed by atoms with Gasteiger partial charge in [-0.2, -0.15) is 0 Å². The number of anilines is 1. The second-order valence-corrected chi connectivity index (χ2v) is 7.91. The van der Waals surface area contributed by atoms with Crippen LogP contribution in [0.1, 0.15) is 35.3 Å². The third-order valence-corrected chi connectivity index (χ3v) is 5.15. The van der Waals surface area contributed by atoms with Gasteiger partial charge in [0.1, 0.15) is 22.4 Å². The minimum absolute atomic E-state index is 0.121. The highest BCUT2D eigenvalue weighted by atomic mass is 32.2. The molecule has 26 heavy (non-hydrogen) atoms. The molecule has 0 fully saturated rings. The summed E-state index contributed by atoms with van der Waals surface area (Å²) in [5, 5.41) is 0.208.